The van der Waals surface area contributed by atoms with Gasteiger partial charge in [-0.3, -0.25) is 4.68 Å². The molecule has 102 valence electrons. The van der Waals surface area contributed by atoms with Gasteiger partial charge in [-0.2, -0.15) is 5.10 Å². The summed E-state index contributed by atoms with van der Waals surface area (Å²) in [4.78, 5) is 0. The Morgan fingerprint density at radius 1 is 1.32 bits per heavy atom. The van der Waals surface area contributed by atoms with Crippen LogP contribution in [-0.4, -0.2) is 9.78 Å². The van der Waals surface area contributed by atoms with Crippen molar-refractivity contribution in [1.82, 2.24) is 9.78 Å². The Bertz CT molecular complexity index is 541. The standard InChI is InChI=1S/C16H23N3/c1-5-16-14(11-19(4)18-16)10-17-15-8-6-7-13(9-15)12(2)3/h6-9,11-12,17H,5,10H2,1-4H3. The quantitative estimate of drug-likeness (QED) is 0.884. The van der Waals surface area contributed by atoms with Gasteiger partial charge in [0.25, 0.3) is 0 Å². The average Bonchev–Trinajstić information content (AvgIpc) is 2.77. The Labute approximate surface area is 115 Å². The molecule has 1 N–H and O–H groups in total. The third-order valence-corrected chi connectivity index (χ3v) is 3.36. The predicted molar refractivity (Wildman–Crippen MR) is 80.4 cm³/mol. The highest BCUT2D eigenvalue weighted by atomic mass is 15.3. The number of nitrogens with one attached hydrogen (secondary N) is 1. The molecule has 0 bridgehead atoms. The first-order valence-electron chi connectivity index (χ1n) is 6.95. The van der Waals surface area contributed by atoms with Crippen LogP contribution in [0.25, 0.3) is 0 Å². The first kappa shape index (κ1) is 13.7. The lowest BCUT2D eigenvalue weighted by Crippen LogP contribution is -2.01. The minimum atomic E-state index is 0.561. The minimum absolute atomic E-state index is 0.561. The van der Waals surface area contributed by atoms with E-state index in [0.717, 1.165) is 13.0 Å². The molecule has 3 heteroatoms. The Morgan fingerprint density at radius 2 is 2.11 bits per heavy atom. The first-order valence-corrected chi connectivity index (χ1v) is 6.95. The molecule has 1 heterocycles. The van der Waals surface area contributed by atoms with Crippen molar-refractivity contribution in [3.63, 3.8) is 0 Å². The summed E-state index contributed by atoms with van der Waals surface area (Å²) in [5.41, 5.74) is 5.00. The van der Waals surface area contributed by atoms with Crippen LogP contribution < -0.4 is 5.32 Å². The zero-order chi connectivity index (χ0) is 13.8. The number of nitrogens with zero attached hydrogens (tertiary/aromatic N) is 2. The molecule has 0 saturated carbocycles. The molecule has 0 spiro atoms. The van der Waals surface area contributed by atoms with Crippen LogP contribution in [0.2, 0.25) is 0 Å². The first-order chi connectivity index (χ1) is 9.10. The number of hydrogen-bond acceptors (Lipinski definition) is 2. The van der Waals surface area contributed by atoms with Gasteiger partial charge in [0.2, 0.25) is 0 Å². The molecular formula is C16H23N3. The van der Waals surface area contributed by atoms with Crippen molar-refractivity contribution in [3.8, 4) is 0 Å². The molecular weight excluding hydrogens is 234 g/mol. The summed E-state index contributed by atoms with van der Waals surface area (Å²) in [7, 11) is 1.97. The summed E-state index contributed by atoms with van der Waals surface area (Å²) < 4.78 is 1.89. The Morgan fingerprint density at radius 3 is 2.79 bits per heavy atom. The van der Waals surface area contributed by atoms with E-state index in [2.05, 4.69) is 61.6 Å². The van der Waals surface area contributed by atoms with Crippen molar-refractivity contribution in [2.24, 2.45) is 7.05 Å². The maximum atomic E-state index is 4.46. The number of aryl methyl sites for hydroxylation is 2. The largest absolute Gasteiger partial charge is 0.381 e. The zero-order valence-corrected chi connectivity index (χ0v) is 12.3. The normalized spacial score (nSPS) is 11.0. The molecule has 0 saturated heterocycles. The third kappa shape index (κ3) is 3.37. The van der Waals surface area contributed by atoms with Crippen molar-refractivity contribution < 1.29 is 0 Å². The van der Waals surface area contributed by atoms with E-state index in [1.54, 1.807) is 0 Å². The van der Waals surface area contributed by atoms with E-state index in [4.69, 9.17) is 0 Å². The number of aromatic nitrogens is 2. The summed E-state index contributed by atoms with van der Waals surface area (Å²) in [6.45, 7) is 7.41. The Kier molecular flexibility index (Phi) is 4.25. The van der Waals surface area contributed by atoms with E-state index in [9.17, 15) is 0 Å². The number of benzene rings is 1. The third-order valence-electron chi connectivity index (χ3n) is 3.36. The van der Waals surface area contributed by atoms with Gasteiger partial charge in [-0.05, 0) is 30.0 Å². The zero-order valence-electron chi connectivity index (χ0n) is 12.3. The van der Waals surface area contributed by atoms with Crippen LogP contribution in [0, 0.1) is 0 Å². The summed E-state index contributed by atoms with van der Waals surface area (Å²) in [5.74, 6) is 0.561. The average molecular weight is 257 g/mol. The molecule has 0 fully saturated rings. The van der Waals surface area contributed by atoms with Gasteiger partial charge in [0.1, 0.15) is 0 Å². The van der Waals surface area contributed by atoms with Gasteiger partial charge < -0.3 is 5.32 Å². The lowest BCUT2D eigenvalue weighted by atomic mass is 10.0. The monoisotopic (exact) mass is 257 g/mol. The van der Waals surface area contributed by atoms with Crippen molar-refractivity contribution >= 4 is 5.69 Å². The van der Waals surface area contributed by atoms with Crippen LogP contribution in [-0.2, 0) is 20.0 Å². The SMILES string of the molecule is CCc1nn(C)cc1CNc1cccc(C(C)C)c1. The smallest absolute Gasteiger partial charge is 0.0671 e. The second-order valence-electron chi connectivity index (χ2n) is 5.26. The lowest BCUT2D eigenvalue weighted by molar-refractivity contribution is 0.746. The van der Waals surface area contributed by atoms with E-state index in [-0.39, 0.29) is 0 Å². The molecule has 0 aliphatic carbocycles. The van der Waals surface area contributed by atoms with Gasteiger partial charge >= 0.3 is 0 Å². The van der Waals surface area contributed by atoms with Crippen LogP contribution in [0.3, 0.4) is 0 Å². The molecule has 1 aromatic carbocycles. The molecule has 0 radical (unpaired) electrons. The van der Waals surface area contributed by atoms with Gasteiger partial charge in [0, 0.05) is 31.0 Å². The van der Waals surface area contributed by atoms with Gasteiger partial charge in [0.05, 0.1) is 5.69 Å². The Balaban J connectivity index is 2.07. The highest BCUT2D eigenvalue weighted by Gasteiger charge is 2.06. The molecule has 2 aromatic rings. The molecule has 19 heavy (non-hydrogen) atoms. The highest BCUT2D eigenvalue weighted by Crippen LogP contribution is 2.19. The minimum Gasteiger partial charge on any atom is -0.381 e. The molecule has 0 aliphatic rings. The fraction of sp³-hybridized carbons (Fsp3) is 0.438. The van der Waals surface area contributed by atoms with Gasteiger partial charge in [0.15, 0.2) is 0 Å². The summed E-state index contributed by atoms with van der Waals surface area (Å²) in [5, 5.41) is 7.95. The topological polar surface area (TPSA) is 29.9 Å². The molecule has 2 rings (SSSR count). The number of anilines is 1. The summed E-state index contributed by atoms with van der Waals surface area (Å²) in [6.07, 6.45) is 3.07. The molecule has 0 atom stereocenters. The van der Waals surface area contributed by atoms with Crippen LogP contribution in [0.4, 0.5) is 5.69 Å². The van der Waals surface area contributed by atoms with Gasteiger partial charge in [-0.1, -0.05) is 32.9 Å². The predicted octanol–water partition coefficient (Wildman–Crippen LogP) is 3.72. The number of rotatable bonds is 5. The van der Waals surface area contributed by atoms with Gasteiger partial charge in [-0.15, -0.1) is 0 Å². The van der Waals surface area contributed by atoms with E-state index >= 15 is 0 Å². The van der Waals surface area contributed by atoms with E-state index < -0.39 is 0 Å². The second kappa shape index (κ2) is 5.91. The van der Waals surface area contributed by atoms with Crippen LogP contribution in [0.15, 0.2) is 30.5 Å². The van der Waals surface area contributed by atoms with Crippen molar-refractivity contribution in [1.29, 1.82) is 0 Å². The molecule has 1 aromatic heterocycles. The highest BCUT2D eigenvalue weighted by molar-refractivity contribution is 5.47. The van der Waals surface area contributed by atoms with Crippen LogP contribution >= 0.6 is 0 Å². The molecule has 0 unspecified atom stereocenters. The van der Waals surface area contributed by atoms with Crippen LogP contribution in [0.5, 0.6) is 0 Å². The van der Waals surface area contributed by atoms with E-state index in [0.29, 0.717) is 5.92 Å². The molecule has 0 aliphatic heterocycles. The maximum absolute atomic E-state index is 4.46. The van der Waals surface area contributed by atoms with E-state index in [1.807, 2.05) is 11.7 Å². The van der Waals surface area contributed by atoms with Crippen molar-refractivity contribution in [2.45, 2.75) is 39.7 Å². The van der Waals surface area contributed by atoms with Gasteiger partial charge in [-0.25, -0.2) is 0 Å². The van der Waals surface area contributed by atoms with Crippen molar-refractivity contribution in [2.75, 3.05) is 5.32 Å². The van der Waals surface area contributed by atoms with Crippen molar-refractivity contribution in [3.05, 3.63) is 47.3 Å². The fourth-order valence-corrected chi connectivity index (χ4v) is 2.23. The summed E-state index contributed by atoms with van der Waals surface area (Å²) in [6, 6.07) is 8.64. The lowest BCUT2D eigenvalue weighted by Gasteiger charge is -2.10. The number of hydrogen-bond donors (Lipinski definition) is 1. The Hall–Kier alpha value is -1.77. The molecule has 0 amide bonds. The van der Waals surface area contributed by atoms with E-state index in [1.165, 1.54) is 22.5 Å². The fourth-order valence-electron chi connectivity index (χ4n) is 2.23. The second-order valence-corrected chi connectivity index (χ2v) is 5.26. The maximum Gasteiger partial charge on any atom is 0.0671 e. The summed E-state index contributed by atoms with van der Waals surface area (Å²) >= 11 is 0. The molecule has 3 nitrogen and oxygen atoms in total. The van der Waals surface area contributed by atoms with Crippen LogP contribution in [0.1, 0.15) is 43.5 Å².